The van der Waals surface area contributed by atoms with Crippen LogP contribution < -0.4 is 5.32 Å². The van der Waals surface area contributed by atoms with Gasteiger partial charge < -0.3 is 15.5 Å². The Labute approximate surface area is 208 Å². The topological polar surface area (TPSA) is 65.4 Å². The van der Waals surface area contributed by atoms with Crippen LogP contribution >= 0.6 is 0 Å². The number of pyridine rings is 1. The van der Waals surface area contributed by atoms with Gasteiger partial charge in [-0.25, -0.2) is 4.39 Å². The second-order valence-electron chi connectivity index (χ2n) is 11.4. The smallest absolute Gasteiger partial charge is 0.158 e. The number of hydrogen-bond acceptors (Lipinski definition) is 4. The van der Waals surface area contributed by atoms with Crippen LogP contribution in [0, 0.1) is 17.3 Å². The number of hydrogen-bond donors (Lipinski definition) is 3. The van der Waals surface area contributed by atoms with Crippen molar-refractivity contribution in [3.05, 3.63) is 59.9 Å². The molecule has 0 aliphatic heterocycles. The molecule has 6 atom stereocenters. The molecule has 4 nitrogen and oxygen atoms in total. The van der Waals surface area contributed by atoms with Gasteiger partial charge in [-0.3, -0.25) is 4.98 Å². The van der Waals surface area contributed by atoms with Crippen molar-refractivity contribution >= 4 is 16.3 Å². The molecule has 0 saturated heterocycles. The van der Waals surface area contributed by atoms with Gasteiger partial charge in [0.2, 0.25) is 0 Å². The van der Waals surface area contributed by atoms with Gasteiger partial charge in [0.15, 0.2) is 5.67 Å². The zero-order valence-electron chi connectivity index (χ0n) is 21.2. The standard InChI is InChI=1S/C28H32FNO2.C2H7N/c1-26-11-12-27(29)16-22-15-23(31)5-4-18(22)8-10-28(27,32)25(26)7-6-24(26)20-2-3-21-17-30-13-9-19(21)14-20;1-3-2/h2-3,6,9,13-14,16-18,23,25,31-32H,4-5,7-8,10-12,15H2,1H3;3H,1-2H3/t18?,23?,25?,26?,27?,28-;/m0./s1. The molecular weight excluding hydrogens is 439 g/mol. The number of aromatic nitrogens is 1. The Morgan fingerprint density at radius 3 is 2.66 bits per heavy atom. The van der Waals surface area contributed by atoms with E-state index in [0.29, 0.717) is 38.0 Å². The Morgan fingerprint density at radius 1 is 1.06 bits per heavy atom. The molecule has 5 heteroatoms. The molecular formula is C30H39FN2O2. The van der Waals surface area contributed by atoms with Crippen LogP contribution in [-0.2, 0) is 0 Å². The summed E-state index contributed by atoms with van der Waals surface area (Å²) in [5.41, 5.74) is 0.137. The zero-order chi connectivity index (χ0) is 24.8. The van der Waals surface area contributed by atoms with E-state index in [-0.39, 0.29) is 17.4 Å². The quantitative estimate of drug-likeness (QED) is 0.467. The number of allylic oxidation sites excluding steroid dienone is 2. The average Bonchev–Trinajstić information content (AvgIpc) is 3.14. The normalized spacial score (nSPS) is 38.2. The number of fused-ring (bicyclic) bond motifs is 5. The lowest BCUT2D eigenvalue weighted by Gasteiger charge is -2.55. The summed E-state index contributed by atoms with van der Waals surface area (Å²) in [6, 6.07) is 8.50. The van der Waals surface area contributed by atoms with Crippen LogP contribution in [0.2, 0.25) is 0 Å². The SMILES string of the molecule is CC12CCC3(F)C=C4CC(O)CCC4CC[C@]3(O)C1CC=C2c1ccc2cnccc2c1.CNC. The summed E-state index contributed by atoms with van der Waals surface area (Å²) in [6.07, 6.45) is 12.6. The van der Waals surface area contributed by atoms with Crippen molar-refractivity contribution < 1.29 is 14.6 Å². The highest BCUT2D eigenvalue weighted by molar-refractivity contribution is 5.87. The number of nitrogens with one attached hydrogen (secondary N) is 1. The lowest BCUT2D eigenvalue weighted by Crippen LogP contribution is -2.61. The van der Waals surface area contributed by atoms with Crippen molar-refractivity contribution in [2.24, 2.45) is 17.3 Å². The molecule has 0 radical (unpaired) electrons. The predicted molar refractivity (Wildman–Crippen MR) is 140 cm³/mol. The molecule has 2 fully saturated rings. The fraction of sp³-hybridized carbons (Fsp3) is 0.567. The van der Waals surface area contributed by atoms with E-state index >= 15 is 4.39 Å². The molecule has 4 aliphatic rings. The summed E-state index contributed by atoms with van der Waals surface area (Å²) in [4.78, 5) is 4.21. The molecule has 3 N–H and O–H groups in total. The minimum Gasteiger partial charge on any atom is -0.393 e. The van der Waals surface area contributed by atoms with E-state index < -0.39 is 11.3 Å². The molecule has 1 heterocycles. The molecule has 2 saturated carbocycles. The molecule has 0 amide bonds. The second kappa shape index (κ2) is 9.10. The maximum atomic E-state index is 16.7. The van der Waals surface area contributed by atoms with Crippen LogP contribution in [0.25, 0.3) is 16.3 Å². The van der Waals surface area contributed by atoms with Crippen molar-refractivity contribution in [3.63, 3.8) is 0 Å². The molecule has 1 aromatic carbocycles. The van der Waals surface area contributed by atoms with E-state index in [4.69, 9.17) is 0 Å². The Kier molecular flexibility index (Phi) is 6.40. The maximum absolute atomic E-state index is 16.7. The summed E-state index contributed by atoms with van der Waals surface area (Å²) in [5, 5.41) is 27.3. The molecule has 0 bridgehead atoms. The van der Waals surface area contributed by atoms with Crippen molar-refractivity contribution in [2.75, 3.05) is 14.1 Å². The Morgan fingerprint density at radius 2 is 1.86 bits per heavy atom. The first-order valence-electron chi connectivity index (χ1n) is 13.2. The number of halogens is 1. The van der Waals surface area contributed by atoms with Gasteiger partial charge >= 0.3 is 0 Å². The molecule has 4 aliphatic carbocycles. The Balaban J connectivity index is 0.000000806. The van der Waals surface area contributed by atoms with Gasteiger partial charge in [0.1, 0.15) is 5.60 Å². The maximum Gasteiger partial charge on any atom is 0.158 e. The number of aliphatic hydroxyl groups is 2. The van der Waals surface area contributed by atoms with Crippen LogP contribution in [0.4, 0.5) is 4.39 Å². The largest absolute Gasteiger partial charge is 0.393 e. The third-order valence-electron chi connectivity index (χ3n) is 9.33. The second-order valence-corrected chi connectivity index (χ2v) is 11.4. The highest BCUT2D eigenvalue weighted by Crippen LogP contribution is 2.65. The van der Waals surface area contributed by atoms with E-state index in [1.54, 1.807) is 6.08 Å². The summed E-state index contributed by atoms with van der Waals surface area (Å²) in [5.74, 6) is 0.161. The van der Waals surface area contributed by atoms with E-state index in [1.165, 1.54) is 11.1 Å². The van der Waals surface area contributed by atoms with Crippen molar-refractivity contribution in [2.45, 2.75) is 75.7 Å². The summed E-state index contributed by atoms with van der Waals surface area (Å²) < 4.78 is 16.7. The van der Waals surface area contributed by atoms with Crippen molar-refractivity contribution in [1.82, 2.24) is 10.3 Å². The van der Waals surface area contributed by atoms with Crippen LogP contribution in [0.1, 0.15) is 63.9 Å². The number of aliphatic hydroxyl groups excluding tert-OH is 1. The molecule has 35 heavy (non-hydrogen) atoms. The lowest BCUT2D eigenvalue weighted by atomic mass is 9.53. The first-order valence-corrected chi connectivity index (χ1v) is 13.2. The molecule has 1 aromatic heterocycles. The molecule has 188 valence electrons. The first-order chi connectivity index (χ1) is 16.7. The highest BCUT2D eigenvalue weighted by Gasteiger charge is 2.65. The summed E-state index contributed by atoms with van der Waals surface area (Å²) in [7, 11) is 3.75. The minimum absolute atomic E-state index is 0.140. The third-order valence-corrected chi connectivity index (χ3v) is 9.33. The molecule has 5 unspecified atom stereocenters. The highest BCUT2D eigenvalue weighted by atomic mass is 19.1. The summed E-state index contributed by atoms with van der Waals surface area (Å²) >= 11 is 0. The van der Waals surface area contributed by atoms with E-state index in [2.05, 4.69) is 41.5 Å². The van der Waals surface area contributed by atoms with E-state index in [9.17, 15) is 10.2 Å². The fourth-order valence-electron chi connectivity index (χ4n) is 7.49. The van der Waals surface area contributed by atoms with Gasteiger partial charge in [-0.15, -0.1) is 0 Å². The van der Waals surface area contributed by atoms with Crippen LogP contribution in [0.15, 0.2) is 54.4 Å². The molecule has 0 spiro atoms. The van der Waals surface area contributed by atoms with Gasteiger partial charge in [-0.1, -0.05) is 30.7 Å². The fourth-order valence-corrected chi connectivity index (χ4v) is 7.49. The van der Waals surface area contributed by atoms with Crippen molar-refractivity contribution in [3.8, 4) is 0 Å². The third kappa shape index (κ3) is 3.96. The van der Waals surface area contributed by atoms with Crippen molar-refractivity contribution in [1.29, 1.82) is 0 Å². The van der Waals surface area contributed by atoms with Gasteiger partial charge in [0.05, 0.1) is 6.10 Å². The number of alkyl halides is 1. The average molecular weight is 479 g/mol. The molecule has 2 aromatic rings. The molecule has 6 rings (SSSR count). The van der Waals surface area contributed by atoms with Gasteiger partial charge in [0, 0.05) is 23.7 Å². The van der Waals surface area contributed by atoms with E-state index in [0.717, 1.165) is 35.6 Å². The van der Waals surface area contributed by atoms with Crippen LogP contribution in [-0.4, -0.2) is 46.7 Å². The van der Waals surface area contributed by atoms with Crippen LogP contribution in [0.5, 0.6) is 0 Å². The van der Waals surface area contributed by atoms with Gasteiger partial charge in [0.25, 0.3) is 0 Å². The number of nitrogens with zero attached hydrogens (tertiary/aromatic N) is 1. The lowest BCUT2D eigenvalue weighted by molar-refractivity contribution is -0.172. The number of rotatable bonds is 1. The summed E-state index contributed by atoms with van der Waals surface area (Å²) in [6.45, 7) is 2.24. The Hall–Kier alpha value is -2.08. The van der Waals surface area contributed by atoms with E-state index in [1.807, 2.05) is 32.6 Å². The monoisotopic (exact) mass is 478 g/mol. The minimum atomic E-state index is -1.71. The predicted octanol–water partition coefficient (Wildman–Crippen LogP) is 5.59. The first kappa shape index (κ1) is 24.6. The Bertz CT molecular complexity index is 1160. The van der Waals surface area contributed by atoms with Gasteiger partial charge in [-0.05, 0) is 112 Å². The van der Waals surface area contributed by atoms with Gasteiger partial charge in [-0.2, -0.15) is 0 Å². The van der Waals surface area contributed by atoms with Crippen LogP contribution in [0.3, 0.4) is 0 Å². The number of benzene rings is 1. The zero-order valence-corrected chi connectivity index (χ0v) is 21.2.